The number of ketones is 2. The van der Waals surface area contributed by atoms with Crippen LogP contribution in [0.25, 0.3) is 0 Å². The van der Waals surface area contributed by atoms with Crippen LogP contribution in [0.15, 0.2) is 42.4 Å². The molecule has 22 heavy (non-hydrogen) atoms. The van der Waals surface area contributed by atoms with Crippen molar-refractivity contribution < 1.29 is 9.59 Å². The first-order chi connectivity index (χ1) is 10.3. The van der Waals surface area contributed by atoms with E-state index in [1.54, 1.807) is 0 Å². The first-order valence-electron chi connectivity index (χ1n) is 6.27. The Bertz CT molecular complexity index is 806. The SMILES string of the molecule is CC1=C(N)C(=O)C(N)=C1PPC1=C(C2=IC2)C(=O)C(I)=C1N. The number of Topliss-reactive ketones (excluding diaryl/α,β-unsaturated/α-hetero) is 2. The number of halogens is 2. The molecule has 0 spiro atoms. The van der Waals surface area contributed by atoms with Gasteiger partial charge in [0.25, 0.3) is 0 Å². The standard InChI is InChI=1S/C13H13I2N3O2P2/c1-3-7(16)11(20)9(18)12(3)21-22-13-5(4-2-15-4)10(19)6(14)8(13)17/h21-22H,2,17H2,1H3,(H4,16,18,20). The first kappa shape index (κ1) is 16.7. The summed E-state index contributed by atoms with van der Waals surface area (Å²) in [6.45, 7) is 1.82. The maximum absolute atomic E-state index is 12.3. The highest BCUT2D eigenvalue weighted by Crippen LogP contribution is 2.58. The highest BCUT2D eigenvalue weighted by Gasteiger charge is 2.35. The Hall–Kier alpha value is -0.110. The van der Waals surface area contributed by atoms with Gasteiger partial charge in [-0.1, -0.05) is 16.5 Å². The summed E-state index contributed by atoms with van der Waals surface area (Å²) in [6.07, 6.45) is 0. The van der Waals surface area contributed by atoms with E-state index in [9.17, 15) is 9.59 Å². The lowest BCUT2D eigenvalue weighted by Crippen LogP contribution is -2.14. The molecule has 116 valence electrons. The highest BCUT2D eigenvalue weighted by molar-refractivity contribution is 14.2. The molecule has 2 unspecified atom stereocenters. The van der Waals surface area contributed by atoms with E-state index in [1.165, 1.54) is 3.51 Å². The van der Waals surface area contributed by atoms with E-state index in [-0.39, 0.29) is 43.7 Å². The van der Waals surface area contributed by atoms with Crippen molar-refractivity contribution in [1.82, 2.24) is 0 Å². The fourth-order valence-electron chi connectivity index (χ4n) is 2.20. The van der Waals surface area contributed by atoms with Crippen molar-refractivity contribution in [2.75, 3.05) is 4.43 Å². The zero-order valence-electron chi connectivity index (χ0n) is 11.5. The smallest absolute Gasteiger partial charge is 0.225 e. The number of alkyl halides is 1. The molecule has 0 saturated carbocycles. The van der Waals surface area contributed by atoms with Crippen molar-refractivity contribution in [3.63, 3.8) is 0 Å². The largest absolute Gasteiger partial charge is 0.397 e. The number of hydrogen-bond acceptors (Lipinski definition) is 5. The summed E-state index contributed by atoms with van der Waals surface area (Å²) in [5, 5.41) is 1.79. The molecule has 0 amide bonds. The van der Waals surface area contributed by atoms with E-state index >= 15 is 0 Å². The molecule has 2 aliphatic carbocycles. The predicted octanol–water partition coefficient (Wildman–Crippen LogP) is 1.84. The summed E-state index contributed by atoms with van der Waals surface area (Å²) >= 11 is 2.08. The van der Waals surface area contributed by atoms with Gasteiger partial charge in [-0.15, -0.1) is 20.7 Å². The van der Waals surface area contributed by atoms with Crippen LogP contribution in [-0.2, 0) is 9.59 Å². The number of carbonyl (C=O) groups excluding carboxylic acids is 2. The molecule has 1 heterocycles. The van der Waals surface area contributed by atoms with E-state index in [2.05, 4.69) is 0 Å². The van der Waals surface area contributed by atoms with E-state index < -0.39 is 0 Å². The first-order valence-corrected chi connectivity index (χ1v) is 13.0. The van der Waals surface area contributed by atoms with Gasteiger partial charge < -0.3 is 17.2 Å². The Labute approximate surface area is 154 Å². The molecule has 3 aliphatic rings. The Morgan fingerprint density at radius 3 is 2.09 bits per heavy atom. The zero-order chi connectivity index (χ0) is 16.2. The molecule has 6 N–H and O–H groups in total. The fourth-order valence-corrected chi connectivity index (χ4v) is 8.68. The van der Waals surface area contributed by atoms with Crippen LogP contribution in [0.2, 0.25) is 0 Å². The van der Waals surface area contributed by atoms with Crippen LogP contribution in [-0.4, -0.2) is 19.5 Å². The third-order valence-electron chi connectivity index (χ3n) is 3.57. The molecule has 5 nitrogen and oxygen atoms in total. The van der Waals surface area contributed by atoms with Crippen LogP contribution < -0.4 is 17.2 Å². The summed E-state index contributed by atoms with van der Waals surface area (Å²) in [5.41, 5.74) is 20.5. The van der Waals surface area contributed by atoms with Crippen molar-refractivity contribution in [3.8, 4) is 0 Å². The van der Waals surface area contributed by atoms with E-state index in [0.29, 0.717) is 25.8 Å². The molecule has 0 radical (unpaired) electrons. The van der Waals surface area contributed by atoms with Crippen molar-refractivity contribution in [1.29, 1.82) is 0 Å². The molecule has 9 heteroatoms. The molecule has 0 aromatic heterocycles. The lowest BCUT2D eigenvalue weighted by atomic mass is 10.2. The molecule has 0 fully saturated rings. The van der Waals surface area contributed by atoms with Gasteiger partial charge in [0, 0.05) is 24.1 Å². The average Bonchev–Trinajstić information content (AvgIpc) is 3.28. The predicted molar refractivity (Wildman–Crippen MR) is 111 cm³/mol. The number of rotatable bonds is 4. The second-order valence-corrected chi connectivity index (χ2v) is 11.8. The summed E-state index contributed by atoms with van der Waals surface area (Å²) in [5.74, 6) is -0.198. The minimum Gasteiger partial charge on any atom is -0.397 e. The van der Waals surface area contributed by atoms with Gasteiger partial charge in [-0.2, -0.15) is 0 Å². The van der Waals surface area contributed by atoms with Crippen molar-refractivity contribution in [2.24, 2.45) is 17.2 Å². The van der Waals surface area contributed by atoms with E-state index in [0.717, 1.165) is 26.2 Å². The Kier molecular flexibility index (Phi) is 4.62. The van der Waals surface area contributed by atoms with Crippen LogP contribution in [0.1, 0.15) is 6.92 Å². The summed E-state index contributed by atoms with van der Waals surface area (Å²) in [7, 11) is 0.672. The number of carbonyl (C=O) groups is 2. The monoisotopic (exact) mass is 559 g/mol. The van der Waals surface area contributed by atoms with E-state index in [4.69, 9.17) is 17.2 Å². The Balaban J connectivity index is 1.89. The van der Waals surface area contributed by atoms with E-state index in [1.807, 2.05) is 29.5 Å². The maximum atomic E-state index is 12.3. The van der Waals surface area contributed by atoms with Crippen molar-refractivity contribution >= 4 is 74.9 Å². The quantitative estimate of drug-likeness (QED) is 0.277. The second kappa shape index (κ2) is 6.07. The minimum atomic E-state index is -0.276. The minimum absolute atomic E-state index is 0.0525. The van der Waals surface area contributed by atoms with Crippen LogP contribution in [0.4, 0.5) is 0 Å². The third-order valence-corrected chi connectivity index (χ3v) is 10.4. The van der Waals surface area contributed by atoms with Crippen LogP contribution >= 0.6 is 59.9 Å². The maximum Gasteiger partial charge on any atom is 0.225 e. The van der Waals surface area contributed by atoms with Crippen LogP contribution in [0, 0.1) is 0 Å². The zero-order valence-corrected chi connectivity index (χ0v) is 17.8. The van der Waals surface area contributed by atoms with Gasteiger partial charge in [-0.05, 0) is 35.1 Å². The molecule has 2 atom stereocenters. The second-order valence-electron chi connectivity index (χ2n) is 4.89. The van der Waals surface area contributed by atoms with Gasteiger partial charge in [-0.25, -0.2) is 0 Å². The molecule has 0 bridgehead atoms. The summed E-state index contributed by atoms with van der Waals surface area (Å²) in [6, 6.07) is 0. The Morgan fingerprint density at radius 1 is 1.00 bits per heavy atom. The van der Waals surface area contributed by atoms with Crippen molar-refractivity contribution in [3.05, 3.63) is 42.4 Å². The van der Waals surface area contributed by atoms with Crippen LogP contribution in [0.5, 0.6) is 0 Å². The van der Waals surface area contributed by atoms with Gasteiger partial charge in [0.05, 0.1) is 20.7 Å². The Morgan fingerprint density at radius 2 is 1.59 bits per heavy atom. The molecule has 3 rings (SSSR count). The molecule has 0 saturated heterocycles. The lowest BCUT2D eigenvalue weighted by molar-refractivity contribution is -0.112. The van der Waals surface area contributed by atoms with Crippen LogP contribution in [0.3, 0.4) is 0 Å². The number of allylic oxidation sites excluding steroid dienone is 5. The van der Waals surface area contributed by atoms with Crippen molar-refractivity contribution in [2.45, 2.75) is 6.92 Å². The van der Waals surface area contributed by atoms with Gasteiger partial charge >= 0.3 is 0 Å². The number of hydrogen-bond donors (Lipinski definition) is 3. The van der Waals surface area contributed by atoms with Gasteiger partial charge in [0.2, 0.25) is 11.6 Å². The number of nitrogens with two attached hydrogens (primary N) is 3. The van der Waals surface area contributed by atoms with Gasteiger partial charge in [0.1, 0.15) is 0 Å². The molecule has 0 aromatic rings. The third kappa shape index (κ3) is 2.64. The average molecular weight is 559 g/mol. The molecular formula is C13H13I2N3O2P2. The molecule has 1 aliphatic heterocycles. The van der Waals surface area contributed by atoms with Gasteiger partial charge in [0.15, 0.2) is 0 Å². The van der Waals surface area contributed by atoms with Gasteiger partial charge in [-0.3, -0.25) is 9.59 Å². The fraction of sp³-hybridized carbons (Fsp3) is 0.154. The summed E-state index contributed by atoms with van der Waals surface area (Å²) in [4.78, 5) is 24.1. The molecule has 0 aromatic carbocycles. The highest BCUT2D eigenvalue weighted by atomic mass is 127. The topological polar surface area (TPSA) is 112 Å². The normalized spacial score (nSPS) is 23.1. The molecular weight excluding hydrogens is 546 g/mol. The lowest BCUT2D eigenvalue weighted by Gasteiger charge is -2.09. The summed E-state index contributed by atoms with van der Waals surface area (Å²) < 4.78 is 3.02.